The Labute approximate surface area is 133 Å². The van der Waals surface area contributed by atoms with Crippen molar-refractivity contribution in [3.63, 3.8) is 0 Å². The predicted octanol–water partition coefficient (Wildman–Crippen LogP) is 2.20. The summed E-state index contributed by atoms with van der Waals surface area (Å²) in [5.74, 6) is 0.720. The van der Waals surface area contributed by atoms with Crippen molar-refractivity contribution >= 4 is 17.7 Å². The summed E-state index contributed by atoms with van der Waals surface area (Å²) in [5.41, 5.74) is 0. The Hall–Kier alpha value is -1.39. The third kappa shape index (κ3) is 4.31. The van der Waals surface area contributed by atoms with Crippen molar-refractivity contribution in [3.8, 4) is 0 Å². The van der Waals surface area contributed by atoms with Crippen LogP contribution < -0.4 is 0 Å². The summed E-state index contributed by atoms with van der Waals surface area (Å²) in [5, 5.41) is 0. The van der Waals surface area contributed by atoms with Crippen LogP contribution in [0.25, 0.3) is 0 Å². The fourth-order valence-electron chi connectivity index (χ4n) is 3.30. The number of hydrogen-bond acceptors (Lipinski definition) is 3. The number of hydrogen-bond donors (Lipinski definition) is 0. The fourth-order valence-corrected chi connectivity index (χ4v) is 3.30. The molecule has 0 N–H and O–H groups in total. The molecule has 124 valence electrons. The summed E-state index contributed by atoms with van der Waals surface area (Å²) >= 11 is 0. The van der Waals surface area contributed by atoms with Crippen molar-refractivity contribution in [2.75, 3.05) is 19.6 Å². The van der Waals surface area contributed by atoms with Gasteiger partial charge in [0.1, 0.15) is 0 Å². The van der Waals surface area contributed by atoms with Crippen LogP contribution in [0, 0.1) is 11.8 Å². The number of imide groups is 1. The molecule has 2 atom stereocenters. The van der Waals surface area contributed by atoms with E-state index in [1.165, 1.54) is 4.90 Å². The van der Waals surface area contributed by atoms with E-state index in [-0.39, 0.29) is 23.6 Å². The van der Waals surface area contributed by atoms with E-state index in [9.17, 15) is 14.4 Å². The zero-order valence-corrected chi connectivity index (χ0v) is 13.8. The molecule has 5 heteroatoms. The van der Waals surface area contributed by atoms with Crippen molar-refractivity contribution in [1.82, 2.24) is 9.80 Å². The third-order valence-electron chi connectivity index (χ3n) is 4.77. The Morgan fingerprint density at radius 3 is 2.45 bits per heavy atom. The lowest BCUT2D eigenvalue weighted by Gasteiger charge is -2.16. The molecule has 22 heavy (non-hydrogen) atoms. The van der Waals surface area contributed by atoms with Crippen LogP contribution in [0.15, 0.2) is 0 Å². The molecule has 0 aliphatic carbocycles. The molecule has 0 bridgehead atoms. The van der Waals surface area contributed by atoms with Gasteiger partial charge in [-0.1, -0.05) is 26.7 Å². The van der Waals surface area contributed by atoms with E-state index in [0.717, 1.165) is 45.2 Å². The van der Waals surface area contributed by atoms with Gasteiger partial charge >= 0.3 is 0 Å². The van der Waals surface area contributed by atoms with Gasteiger partial charge in [0.15, 0.2) is 0 Å². The number of rotatable bonds is 7. The van der Waals surface area contributed by atoms with Crippen molar-refractivity contribution < 1.29 is 14.4 Å². The van der Waals surface area contributed by atoms with Gasteiger partial charge in [0.05, 0.1) is 0 Å². The zero-order chi connectivity index (χ0) is 16.1. The van der Waals surface area contributed by atoms with Crippen LogP contribution in [0.2, 0.25) is 0 Å². The van der Waals surface area contributed by atoms with Gasteiger partial charge in [0.25, 0.3) is 0 Å². The van der Waals surface area contributed by atoms with Gasteiger partial charge in [0, 0.05) is 38.4 Å². The molecule has 0 aromatic carbocycles. The SMILES string of the molecule is CC1CC(=O)N(CCCCCCC(=O)N2CC[C@H](C)C2)C1=O. The molecular weight excluding hydrogens is 280 g/mol. The molecule has 0 spiro atoms. The van der Waals surface area contributed by atoms with Crippen LogP contribution in [-0.2, 0) is 14.4 Å². The van der Waals surface area contributed by atoms with Crippen LogP contribution in [0.5, 0.6) is 0 Å². The first-order valence-corrected chi connectivity index (χ1v) is 8.61. The normalized spacial score (nSPS) is 25.4. The van der Waals surface area contributed by atoms with Gasteiger partial charge in [-0.2, -0.15) is 0 Å². The van der Waals surface area contributed by atoms with E-state index in [1.807, 2.05) is 11.8 Å². The predicted molar refractivity (Wildman–Crippen MR) is 83.9 cm³/mol. The van der Waals surface area contributed by atoms with Gasteiger partial charge in [-0.25, -0.2) is 0 Å². The monoisotopic (exact) mass is 308 g/mol. The van der Waals surface area contributed by atoms with Gasteiger partial charge in [-0.05, 0) is 25.2 Å². The smallest absolute Gasteiger partial charge is 0.232 e. The van der Waals surface area contributed by atoms with Crippen LogP contribution in [0.4, 0.5) is 0 Å². The lowest BCUT2D eigenvalue weighted by atomic mass is 10.1. The average molecular weight is 308 g/mol. The molecule has 2 fully saturated rings. The van der Waals surface area contributed by atoms with Crippen LogP contribution in [0.1, 0.15) is 58.8 Å². The van der Waals surface area contributed by atoms with E-state index in [4.69, 9.17) is 0 Å². The first kappa shape index (κ1) is 17.0. The molecule has 0 aromatic rings. The van der Waals surface area contributed by atoms with E-state index < -0.39 is 0 Å². The maximum absolute atomic E-state index is 12.0. The molecule has 3 amide bonds. The second-order valence-corrected chi connectivity index (χ2v) is 6.89. The Morgan fingerprint density at radius 1 is 1.14 bits per heavy atom. The molecule has 1 unspecified atom stereocenters. The highest BCUT2D eigenvalue weighted by Gasteiger charge is 2.34. The van der Waals surface area contributed by atoms with Crippen LogP contribution in [0.3, 0.4) is 0 Å². The van der Waals surface area contributed by atoms with E-state index in [0.29, 0.717) is 25.3 Å². The van der Waals surface area contributed by atoms with Gasteiger partial charge in [0.2, 0.25) is 17.7 Å². The fraction of sp³-hybridized carbons (Fsp3) is 0.824. The second kappa shape index (κ2) is 7.75. The number of carbonyl (C=O) groups is 3. The lowest BCUT2D eigenvalue weighted by molar-refractivity contribution is -0.139. The molecule has 2 heterocycles. The maximum atomic E-state index is 12.0. The van der Waals surface area contributed by atoms with Crippen LogP contribution >= 0.6 is 0 Å². The molecule has 2 rings (SSSR count). The Balaban J connectivity index is 1.54. The highest BCUT2D eigenvalue weighted by atomic mass is 16.2. The number of unbranched alkanes of at least 4 members (excludes halogenated alkanes) is 3. The van der Waals surface area contributed by atoms with Crippen molar-refractivity contribution in [2.24, 2.45) is 11.8 Å². The van der Waals surface area contributed by atoms with Gasteiger partial charge < -0.3 is 4.90 Å². The number of likely N-dealkylation sites (tertiary alicyclic amines) is 2. The number of amides is 3. The molecule has 0 saturated carbocycles. The van der Waals surface area contributed by atoms with E-state index in [1.54, 1.807) is 0 Å². The van der Waals surface area contributed by atoms with Crippen molar-refractivity contribution in [2.45, 2.75) is 58.8 Å². The highest BCUT2D eigenvalue weighted by Crippen LogP contribution is 2.20. The zero-order valence-electron chi connectivity index (χ0n) is 13.8. The Morgan fingerprint density at radius 2 is 1.86 bits per heavy atom. The minimum atomic E-state index is -0.145. The Kier molecular flexibility index (Phi) is 5.98. The third-order valence-corrected chi connectivity index (χ3v) is 4.77. The molecular formula is C17H28N2O3. The summed E-state index contributed by atoms with van der Waals surface area (Å²) < 4.78 is 0. The molecule has 5 nitrogen and oxygen atoms in total. The summed E-state index contributed by atoms with van der Waals surface area (Å²) in [6.07, 6.45) is 5.83. The minimum Gasteiger partial charge on any atom is -0.342 e. The van der Waals surface area contributed by atoms with Crippen molar-refractivity contribution in [1.29, 1.82) is 0 Å². The van der Waals surface area contributed by atoms with E-state index in [2.05, 4.69) is 6.92 Å². The molecule has 2 aliphatic heterocycles. The molecule has 2 aliphatic rings. The average Bonchev–Trinajstić information content (AvgIpc) is 3.00. The second-order valence-electron chi connectivity index (χ2n) is 6.89. The summed E-state index contributed by atoms with van der Waals surface area (Å²) in [7, 11) is 0. The van der Waals surface area contributed by atoms with Gasteiger partial charge in [-0.3, -0.25) is 19.3 Å². The lowest BCUT2D eigenvalue weighted by Crippen LogP contribution is -2.31. The Bertz CT molecular complexity index is 436. The van der Waals surface area contributed by atoms with E-state index >= 15 is 0 Å². The minimum absolute atomic E-state index is 0.0247. The summed E-state index contributed by atoms with van der Waals surface area (Å²) in [6, 6.07) is 0. The summed E-state index contributed by atoms with van der Waals surface area (Å²) in [4.78, 5) is 38.8. The number of carbonyl (C=O) groups excluding carboxylic acids is 3. The van der Waals surface area contributed by atoms with Crippen molar-refractivity contribution in [3.05, 3.63) is 0 Å². The largest absolute Gasteiger partial charge is 0.342 e. The summed E-state index contributed by atoms with van der Waals surface area (Å²) in [6.45, 7) is 6.37. The number of nitrogens with zero attached hydrogens (tertiary/aromatic N) is 2. The molecule has 2 saturated heterocycles. The van der Waals surface area contributed by atoms with Crippen LogP contribution in [-0.4, -0.2) is 47.2 Å². The molecule has 0 aromatic heterocycles. The quantitative estimate of drug-likeness (QED) is 0.535. The standard InChI is InChI=1S/C17H28N2O3/c1-13-8-10-18(12-13)15(20)7-5-3-4-6-9-19-16(21)11-14(2)17(19)22/h13-14H,3-12H2,1-2H3/t13-,14?/m0/s1. The topological polar surface area (TPSA) is 57.7 Å². The molecule has 0 radical (unpaired) electrons. The maximum Gasteiger partial charge on any atom is 0.232 e. The van der Waals surface area contributed by atoms with Gasteiger partial charge in [-0.15, -0.1) is 0 Å². The first-order valence-electron chi connectivity index (χ1n) is 8.61. The highest BCUT2D eigenvalue weighted by molar-refractivity contribution is 6.03. The first-order chi connectivity index (χ1) is 10.5.